The Kier molecular flexibility index (Phi) is 8.33. The Hall–Kier alpha value is -1.36. The molecule has 27 heavy (non-hydrogen) atoms. The lowest BCUT2D eigenvalue weighted by Gasteiger charge is -2.19. The van der Waals surface area contributed by atoms with Gasteiger partial charge in [0, 0.05) is 28.1 Å². The van der Waals surface area contributed by atoms with E-state index >= 15 is 0 Å². The van der Waals surface area contributed by atoms with E-state index in [1.165, 1.54) is 5.56 Å². The van der Waals surface area contributed by atoms with Crippen LogP contribution >= 0.6 is 35.0 Å². The minimum atomic E-state index is -0.125. The highest BCUT2D eigenvalue weighted by Crippen LogP contribution is 2.25. The van der Waals surface area contributed by atoms with E-state index in [0.29, 0.717) is 22.3 Å². The van der Waals surface area contributed by atoms with Crippen LogP contribution in [-0.2, 0) is 16.0 Å². The van der Waals surface area contributed by atoms with Crippen LogP contribution in [0.4, 0.5) is 0 Å². The van der Waals surface area contributed by atoms with E-state index in [0.717, 1.165) is 17.1 Å². The molecule has 2 aromatic rings. The van der Waals surface area contributed by atoms with Gasteiger partial charge in [0.25, 0.3) is 5.91 Å². The van der Waals surface area contributed by atoms with E-state index < -0.39 is 0 Å². The Bertz CT molecular complexity index is 758. The zero-order valence-electron chi connectivity index (χ0n) is 15.9. The molecule has 1 N–H and O–H groups in total. The first-order valence-corrected chi connectivity index (χ1v) is 10.7. The zero-order chi connectivity index (χ0) is 19.9. The maximum Gasteiger partial charge on any atom is 0.257 e. The van der Waals surface area contributed by atoms with Gasteiger partial charge in [0.15, 0.2) is 6.61 Å². The van der Waals surface area contributed by atoms with Crippen LogP contribution in [0, 0.1) is 0 Å². The van der Waals surface area contributed by atoms with Crippen molar-refractivity contribution in [3.63, 3.8) is 0 Å². The number of amides is 1. The Labute approximate surface area is 175 Å². The molecule has 0 aliphatic carbocycles. The number of hydrogen-bond acceptors (Lipinski definition) is 3. The van der Waals surface area contributed by atoms with Crippen molar-refractivity contribution < 1.29 is 9.53 Å². The van der Waals surface area contributed by atoms with Gasteiger partial charge >= 0.3 is 0 Å². The SMILES string of the molecule is CC(C)(C)c1ccc(OCC(=O)NCCSCc2ccc(Cl)cc2Cl)cc1. The summed E-state index contributed by atoms with van der Waals surface area (Å²) in [5.74, 6) is 2.15. The van der Waals surface area contributed by atoms with Gasteiger partial charge in [0.2, 0.25) is 0 Å². The number of carbonyl (C=O) groups excluding carboxylic acids is 1. The van der Waals surface area contributed by atoms with Crippen molar-refractivity contribution in [2.75, 3.05) is 18.9 Å². The molecule has 0 radical (unpaired) electrons. The van der Waals surface area contributed by atoms with Crippen LogP contribution in [-0.4, -0.2) is 24.8 Å². The number of halogens is 2. The van der Waals surface area contributed by atoms with Gasteiger partial charge in [-0.2, -0.15) is 11.8 Å². The minimum Gasteiger partial charge on any atom is -0.484 e. The minimum absolute atomic E-state index is 0.0164. The monoisotopic (exact) mass is 425 g/mol. The Morgan fingerprint density at radius 1 is 1.11 bits per heavy atom. The summed E-state index contributed by atoms with van der Waals surface area (Å²) in [6, 6.07) is 13.4. The van der Waals surface area contributed by atoms with Gasteiger partial charge in [0.1, 0.15) is 5.75 Å². The fourth-order valence-electron chi connectivity index (χ4n) is 2.33. The lowest BCUT2D eigenvalue weighted by Crippen LogP contribution is -2.30. The molecular formula is C21H25Cl2NO2S. The molecule has 0 aromatic heterocycles. The van der Waals surface area contributed by atoms with Crippen molar-refractivity contribution in [3.8, 4) is 5.75 Å². The number of carbonyl (C=O) groups is 1. The molecule has 3 nitrogen and oxygen atoms in total. The van der Waals surface area contributed by atoms with Crippen molar-refractivity contribution in [2.45, 2.75) is 31.9 Å². The summed E-state index contributed by atoms with van der Waals surface area (Å²) in [6.45, 7) is 7.09. The highest BCUT2D eigenvalue weighted by Gasteiger charge is 2.13. The number of rotatable bonds is 8. The molecule has 0 saturated carbocycles. The summed E-state index contributed by atoms with van der Waals surface area (Å²) in [6.07, 6.45) is 0. The Balaban J connectivity index is 1.63. The van der Waals surface area contributed by atoms with Crippen molar-refractivity contribution in [2.24, 2.45) is 0 Å². The molecule has 0 fully saturated rings. The van der Waals surface area contributed by atoms with Crippen LogP contribution < -0.4 is 10.1 Å². The van der Waals surface area contributed by atoms with Crippen molar-refractivity contribution in [1.29, 1.82) is 0 Å². The molecule has 2 rings (SSSR count). The fraction of sp³-hybridized carbons (Fsp3) is 0.381. The van der Waals surface area contributed by atoms with Crippen molar-refractivity contribution in [3.05, 3.63) is 63.6 Å². The van der Waals surface area contributed by atoms with Crippen LogP contribution in [0.2, 0.25) is 10.0 Å². The molecule has 0 unspecified atom stereocenters. The maximum atomic E-state index is 11.9. The molecular weight excluding hydrogens is 401 g/mol. The average Bonchev–Trinajstić information content (AvgIpc) is 2.61. The van der Waals surface area contributed by atoms with Gasteiger partial charge in [-0.1, -0.05) is 62.2 Å². The molecule has 0 bridgehead atoms. The second-order valence-electron chi connectivity index (χ2n) is 7.20. The third kappa shape index (κ3) is 7.65. The van der Waals surface area contributed by atoms with Gasteiger partial charge in [-0.15, -0.1) is 0 Å². The first-order chi connectivity index (χ1) is 12.8. The van der Waals surface area contributed by atoms with Crippen LogP contribution in [0.1, 0.15) is 31.9 Å². The van der Waals surface area contributed by atoms with Crippen molar-refractivity contribution >= 4 is 40.9 Å². The maximum absolute atomic E-state index is 11.9. The predicted octanol–water partition coefficient (Wildman–Crippen LogP) is 5.72. The molecule has 0 aliphatic rings. The van der Waals surface area contributed by atoms with Gasteiger partial charge < -0.3 is 10.1 Å². The lowest BCUT2D eigenvalue weighted by atomic mass is 9.87. The van der Waals surface area contributed by atoms with E-state index in [1.807, 2.05) is 36.4 Å². The number of thioether (sulfide) groups is 1. The van der Waals surface area contributed by atoms with Gasteiger partial charge in [0.05, 0.1) is 0 Å². The zero-order valence-corrected chi connectivity index (χ0v) is 18.2. The topological polar surface area (TPSA) is 38.3 Å². The third-order valence-electron chi connectivity index (χ3n) is 3.93. The highest BCUT2D eigenvalue weighted by atomic mass is 35.5. The molecule has 0 saturated heterocycles. The largest absolute Gasteiger partial charge is 0.484 e. The standard InChI is InChI=1S/C21H25Cl2NO2S/c1-21(2,3)16-5-8-18(9-6-16)26-13-20(25)24-10-11-27-14-15-4-7-17(22)12-19(15)23/h4-9,12H,10-11,13-14H2,1-3H3,(H,24,25). The summed E-state index contributed by atoms with van der Waals surface area (Å²) in [5.41, 5.74) is 2.38. The summed E-state index contributed by atoms with van der Waals surface area (Å²) < 4.78 is 5.54. The number of nitrogens with one attached hydrogen (secondary N) is 1. The third-order valence-corrected chi connectivity index (χ3v) is 5.53. The summed E-state index contributed by atoms with van der Waals surface area (Å²) in [4.78, 5) is 11.9. The molecule has 0 spiro atoms. The van der Waals surface area contributed by atoms with Crippen LogP contribution in [0.3, 0.4) is 0 Å². The van der Waals surface area contributed by atoms with E-state index in [-0.39, 0.29) is 17.9 Å². The molecule has 2 aromatic carbocycles. The van der Waals surface area contributed by atoms with E-state index in [4.69, 9.17) is 27.9 Å². The number of hydrogen-bond donors (Lipinski definition) is 1. The Morgan fingerprint density at radius 2 is 1.81 bits per heavy atom. The van der Waals surface area contributed by atoms with Crippen LogP contribution in [0.25, 0.3) is 0 Å². The van der Waals surface area contributed by atoms with E-state index in [9.17, 15) is 4.79 Å². The summed E-state index contributed by atoms with van der Waals surface area (Å²) in [5, 5.41) is 4.16. The van der Waals surface area contributed by atoms with Gasteiger partial charge in [-0.05, 0) is 40.8 Å². The average molecular weight is 426 g/mol. The molecule has 0 atom stereocenters. The van der Waals surface area contributed by atoms with E-state index in [2.05, 4.69) is 26.1 Å². The first kappa shape index (κ1) is 21.9. The molecule has 0 aliphatic heterocycles. The smallest absolute Gasteiger partial charge is 0.257 e. The molecule has 6 heteroatoms. The summed E-state index contributed by atoms with van der Waals surface area (Å²) >= 11 is 13.7. The molecule has 0 heterocycles. The normalized spacial score (nSPS) is 11.3. The number of ether oxygens (including phenoxy) is 1. The van der Waals surface area contributed by atoms with Gasteiger partial charge in [-0.25, -0.2) is 0 Å². The Morgan fingerprint density at radius 3 is 2.44 bits per heavy atom. The van der Waals surface area contributed by atoms with Crippen LogP contribution in [0.5, 0.6) is 5.75 Å². The predicted molar refractivity (Wildman–Crippen MR) is 116 cm³/mol. The fourth-order valence-corrected chi connectivity index (χ4v) is 3.75. The van der Waals surface area contributed by atoms with Crippen LogP contribution in [0.15, 0.2) is 42.5 Å². The molecule has 146 valence electrons. The van der Waals surface area contributed by atoms with Crippen molar-refractivity contribution in [1.82, 2.24) is 5.32 Å². The lowest BCUT2D eigenvalue weighted by molar-refractivity contribution is -0.122. The quantitative estimate of drug-likeness (QED) is 0.549. The second-order valence-corrected chi connectivity index (χ2v) is 9.15. The van der Waals surface area contributed by atoms with Gasteiger partial charge in [-0.3, -0.25) is 4.79 Å². The summed E-state index contributed by atoms with van der Waals surface area (Å²) in [7, 11) is 0. The van der Waals surface area contributed by atoms with E-state index in [1.54, 1.807) is 17.8 Å². The first-order valence-electron chi connectivity index (χ1n) is 8.77. The number of benzene rings is 2. The second kappa shape index (κ2) is 10.3. The highest BCUT2D eigenvalue weighted by molar-refractivity contribution is 7.98. The molecule has 1 amide bonds.